The molecule has 2 aliphatic heterocycles. The summed E-state index contributed by atoms with van der Waals surface area (Å²) < 4.78 is 16.0. The van der Waals surface area contributed by atoms with Crippen molar-refractivity contribution in [1.29, 1.82) is 0 Å². The molecule has 0 radical (unpaired) electrons. The Kier molecular flexibility index (Phi) is 4.09. The highest BCUT2D eigenvalue weighted by atomic mass is 16.7. The van der Waals surface area contributed by atoms with E-state index >= 15 is 0 Å². The first kappa shape index (κ1) is 17.8. The molecule has 1 unspecified atom stereocenters. The van der Waals surface area contributed by atoms with Crippen molar-refractivity contribution in [2.24, 2.45) is 16.3 Å². The minimum Gasteiger partial charge on any atom is -0.468 e. The van der Waals surface area contributed by atoms with E-state index in [4.69, 9.17) is 14.2 Å². The summed E-state index contributed by atoms with van der Waals surface area (Å²) in [6.45, 7) is 6.14. The van der Waals surface area contributed by atoms with Crippen molar-refractivity contribution >= 4 is 17.5 Å². The molecule has 0 saturated heterocycles. The van der Waals surface area contributed by atoms with Gasteiger partial charge in [0.15, 0.2) is 17.3 Å². The summed E-state index contributed by atoms with van der Waals surface area (Å²) in [7, 11) is 1.36. The molecule has 1 aromatic carbocycles. The Morgan fingerprint density at radius 3 is 2.70 bits per heavy atom. The van der Waals surface area contributed by atoms with Gasteiger partial charge in [-0.25, -0.2) is 0 Å². The van der Waals surface area contributed by atoms with Gasteiger partial charge < -0.3 is 14.2 Å². The molecular formula is C21H23NO5. The SMILES string of the molecule is COC(=O)C1C(C)=NC2=C(C(=O)CC(C)(C)C2)[C@H]1c1ccc2c(c1)OCO2. The van der Waals surface area contributed by atoms with Gasteiger partial charge in [0.25, 0.3) is 0 Å². The Balaban J connectivity index is 1.88. The predicted molar refractivity (Wildman–Crippen MR) is 99.0 cm³/mol. The normalized spacial score (nSPS) is 25.8. The molecule has 0 aromatic heterocycles. The molecule has 0 bridgehead atoms. The van der Waals surface area contributed by atoms with Gasteiger partial charge in [0.2, 0.25) is 6.79 Å². The first-order valence-corrected chi connectivity index (χ1v) is 9.09. The lowest BCUT2D eigenvalue weighted by molar-refractivity contribution is -0.143. The van der Waals surface area contributed by atoms with Crippen molar-refractivity contribution in [1.82, 2.24) is 0 Å². The van der Waals surface area contributed by atoms with Crippen LogP contribution in [0.2, 0.25) is 0 Å². The lowest BCUT2D eigenvalue weighted by Crippen LogP contribution is -2.39. The smallest absolute Gasteiger partial charge is 0.315 e. The number of hydrogen-bond donors (Lipinski definition) is 0. The van der Waals surface area contributed by atoms with Gasteiger partial charge in [0.1, 0.15) is 5.92 Å². The molecule has 3 aliphatic rings. The maximum Gasteiger partial charge on any atom is 0.315 e. The summed E-state index contributed by atoms with van der Waals surface area (Å²) >= 11 is 0. The molecule has 142 valence electrons. The highest BCUT2D eigenvalue weighted by Gasteiger charge is 2.46. The molecular weight excluding hydrogens is 346 g/mol. The van der Waals surface area contributed by atoms with Crippen LogP contribution in [-0.2, 0) is 14.3 Å². The van der Waals surface area contributed by atoms with Crippen LogP contribution in [0.15, 0.2) is 34.5 Å². The molecule has 0 fully saturated rings. The van der Waals surface area contributed by atoms with Crippen molar-refractivity contribution in [3.63, 3.8) is 0 Å². The average molecular weight is 369 g/mol. The fourth-order valence-electron chi connectivity index (χ4n) is 4.34. The number of esters is 1. The minimum atomic E-state index is -0.626. The maximum absolute atomic E-state index is 13.1. The summed E-state index contributed by atoms with van der Waals surface area (Å²) in [5.41, 5.74) is 2.79. The fourth-order valence-corrected chi connectivity index (χ4v) is 4.34. The van der Waals surface area contributed by atoms with E-state index in [1.165, 1.54) is 7.11 Å². The van der Waals surface area contributed by atoms with Crippen molar-refractivity contribution in [2.75, 3.05) is 13.9 Å². The summed E-state index contributed by atoms with van der Waals surface area (Å²) in [6.07, 6.45) is 1.15. The number of benzene rings is 1. The number of carbonyl (C=O) groups is 2. The van der Waals surface area contributed by atoms with Crippen molar-refractivity contribution in [3.8, 4) is 11.5 Å². The van der Waals surface area contributed by atoms with E-state index in [-0.39, 0.29) is 24.0 Å². The van der Waals surface area contributed by atoms with Crippen LogP contribution in [-0.4, -0.2) is 31.4 Å². The number of rotatable bonds is 2. The molecule has 6 heteroatoms. The largest absolute Gasteiger partial charge is 0.468 e. The van der Waals surface area contributed by atoms with Gasteiger partial charge in [-0.05, 0) is 36.5 Å². The Bertz CT molecular complexity index is 896. The van der Waals surface area contributed by atoms with Crippen LogP contribution in [0.25, 0.3) is 0 Å². The fraction of sp³-hybridized carbons (Fsp3) is 0.476. The third-order valence-corrected chi connectivity index (χ3v) is 5.51. The Labute approximate surface area is 158 Å². The zero-order valence-electron chi connectivity index (χ0n) is 16.0. The van der Waals surface area contributed by atoms with E-state index < -0.39 is 11.8 Å². The molecule has 1 aromatic rings. The number of fused-ring (bicyclic) bond motifs is 1. The van der Waals surface area contributed by atoms with Crippen molar-refractivity contribution in [2.45, 2.75) is 39.5 Å². The number of hydrogen-bond acceptors (Lipinski definition) is 6. The first-order chi connectivity index (χ1) is 12.8. The van der Waals surface area contributed by atoms with Crippen LogP contribution in [0, 0.1) is 11.3 Å². The van der Waals surface area contributed by atoms with E-state index in [1.54, 1.807) is 0 Å². The molecule has 4 rings (SSSR count). The number of aliphatic imine (C=N–C) groups is 1. The van der Waals surface area contributed by atoms with Gasteiger partial charge in [0, 0.05) is 29.3 Å². The number of allylic oxidation sites excluding steroid dienone is 2. The van der Waals surface area contributed by atoms with E-state index in [1.807, 2.05) is 25.1 Å². The quantitative estimate of drug-likeness (QED) is 0.747. The predicted octanol–water partition coefficient (Wildman–Crippen LogP) is 3.41. The average Bonchev–Trinajstić information content (AvgIpc) is 3.06. The minimum absolute atomic E-state index is 0.0501. The maximum atomic E-state index is 13.1. The second-order valence-corrected chi connectivity index (χ2v) is 8.15. The first-order valence-electron chi connectivity index (χ1n) is 9.09. The van der Waals surface area contributed by atoms with Crippen LogP contribution >= 0.6 is 0 Å². The van der Waals surface area contributed by atoms with Gasteiger partial charge in [-0.1, -0.05) is 19.9 Å². The van der Waals surface area contributed by atoms with Crippen molar-refractivity contribution in [3.05, 3.63) is 35.0 Å². The number of ketones is 1. The summed E-state index contributed by atoms with van der Waals surface area (Å²) in [5, 5.41) is 0. The third kappa shape index (κ3) is 2.93. The topological polar surface area (TPSA) is 74.2 Å². The number of carbonyl (C=O) groups excluding carboxylic acids is 2. The van der Waals surface area contributed by atoms with E-state index in [0.29, 0.717) is 35.6 Å². The Hall–Kier alpha value is -2.63. The van der Waals surface area contributed by atoms with Gasteiger partial charge in [-0.15, -0.1) is 0 Å². The summed E-state index contributed by atoms with van der Waals surface area (Å²) in [6, 6.07) is 5.58. The highest BCUT2D eigenvalue weighted by molar-refractivity contribution is 6.09. The zero-order chi connectivity index (χ0) is 19.3. The van der Waals surface area contributed by atoms with Gasteiger partial charge in [-0.3, -0.25) is 14.6 Å². The molecule has 2 heterocycles. The Morgan fingerprint density at radius 1 is 1.22 bits per heavy atom. The van der Waals surface area contributed by atoms with Crippen LogP contribution in [0.5, 0.6) is 11.5 Å². The second-order valence-electron chi connectivity index (χ2n) is 8.15. The molecule has 0 amide bonds. The lowest BCUT2D eigenvalue weighted by Gasteiger charge is -2.38. The van der Waals surface area contributed by atoms with Crippen molar-refractivity contribution < 1.29 is 23.8 Å². The molecule has 27 heavy (non-hydrogen) atoms. The van der Waals surface area contributed by atoms with Gasteiger partial charge in [0.05, 0.1) is 7.11 Å². The Morgan fingerprint density at radius 2 is 1.96 bits per heavy atom. The number of methoxy groups -OCH3 is 1. The van der Waals surface area contributed by atoms with Crippen LogP contribution < -0.4 is 9.47 Å². The van der Waals surface area contributed by atoms with Gasteiger partial charge >= 0.3 is 5.97 Å². The van der Waals surface area contributed by atoms with Gasteiger partial charge in [-0.2, -0.15) is 0 Å². The highest BCUT2D eigenvalue weighted by Crippen LogP contribution is 2.49. The summed E-state index contributed by atoms with van der Waals surface area (Å²) in [4.78, 5) is 30.4. The zero-order valence-corrected chi connectivity index (χ0v) is 16.0. The molecule has 0 spiro atoms. The van der Waals surface area contributed by atoms with E-state index in [2.05, 4.69) is 18.8 Å². The summed E-state index contributed by atoms with van der Waals surface area (Å²) in [5.74, 6) is -0.0959. The molecule has 2 atom stereocenters. The molecule has 1 aliphatic carbocycles. The number of nitrogens with zero attached hydrogens (tertiary/aromatic N) is 1. The number of Topliss-reactive ketones (excluding diaryl/α,β-unsaturated/α-hetero) is 1. The number of ether oxygens (including phenoxy) is 3. The van der Waals surface area contributed by atoms with E-state index in [0.717, 1.165) is 11.3 Å². The van der Waals surface area contributed by atoms with Crippen LogP contribution in [0.3, 0.4) is 0 Å². The third-order valence-electron chi connectivity index (χ3n) is 5.51. The van der Waals surface area contributed by atoms with Crippen LogP contribution in [0.1, 0.15) is 45.1 Å². The monoisotopic (exact) mass is 369 g/mol. The molecule has 0 N–H and O–H groups in total. The second kappa shape index (κ2) is 6.22. The molecule has 6 nitrogen and oxygen atoms in total. The standard InChI is InChI=1S/C21H23NO5/c1-11-17(20(24)25-4)18(12-5-6-15-16(7-12)27-10-26-15)19-13(22-11)8-21(2,3)9-14(19)23/h5-7,17-18H,8-10H2,1-4H3/t17?,18-/m0/s1. The van der Waals surface area contributed by atoms with E-state index in [9.17, 15) is 9.59 Å². The lowest BCUT2D eigenvalue weighted by atomic mass is 9.67. The molecule has 0 saturated carbocycles. The van der Waals surface area contributed by atoms with Crippen LogP contribution in [0.4, 0.5) is 0 Å².